The number of hydrogen-bond donors (Lipinski definition) is 1. The summed E-state index contributed by atoms with van der Waals surface area (Å²) >= 11 is 6.01. The number of anilines is 1. The van der Waals surface area contributed by atoms with Crippen molar-refractivity contribution < 1.29 is 4.74 Å². The Morgan fingerprint density at radius 2 is 2.40 bits per heavy atom. The number of halogens is 1. The number of nitrogens with zero attached hydrogens (tertiary/aromatic N) is 1. The fraction of sp³-hybridized carbons (Fsp3) is 0.545. The van der Waals surface area contributed by atoms with Crippen LogP contribution >= 0.6 is 11.6 Å². The first-order chi connectivity index (χ1) is 7.27. The molecular weight excluding hydrogens is 212 g/mol. The maximum Gasteiger partial charge on any atom is 0.168 e. The lowest BCUT2D eigenvalue weighted by Crippen LogP contribution is -2.09. The van der Waals surface area contributed by atoms with Crippen LogP contribution in [0.25, 0.3) is 0 Å². The highest BCUT2D eigenvalue weighted by Gasteiger charge is 2.04. The maximum atomic E-state index is 6.01. The number of pyridine rings is 1. The van der Waals surface area contributed by atoms with Crippen molar-refractivity contribution >= 4 is 17.4 Å². The predicted octanol–water partition coefficient (Wildman–Crippen LogP) is 2.91. The zero-order valence-corrected chi connectivity index (χ0v) is 9.92. The van der Waals surface area contributed by atoms with Crippen LogP contribution in [0.3, 0.4) is 0 Å². The topological polar surface area (TPSA) is 34.2 Å². The lowest BCUT2D eigenvalue weighted by atomic mass is 10.2. The maximum absolute atomic E-state index is 6.01. The molecule has 84 valence electrons. The molecule has 0 fully saturated rings. The first kappa shape index (κ1) is 12.1. The predicted molar refractivity (Wildman–Crippen MR) is 63.8 cm³/mol. The van der Waals surface area contributed by atoms with Gasteiger partial charge in [-0.2, -0.15) is 0 Å². The minimum Gasteiger partial charge on any atom is -0.493 e. The second-order valence-electron chi connectivity index (χ2n) is 3.28. The average Bonchev–Trinajstić information content (AvgIpc) is 2.29. The van der Waals surface area contributed by atoms with Crippen LogP contribution < -0.4 is 10.1 Å². The van der Waals surface area contributed by atoms with Gasteiger partial charge in [0.1, 0.15) is 0 Å². The number of nitrogens with one attached hydrogen (secondary N) is 1. The molecule has 1 aromatic heterocycles. The lowest BCUT2D eigenvalue weighted by Gasteiger charge is -2.10. The first-order valence-corrected chi connectivity index (χ1v) is 5.58. The summed E-state index contributed by atoms with van der Waals surface area (Å²) in [5.41, 5.74) is 0. The van der Waals surface area contributed by atoms with E-state index in [9.17, 15) is 0 Å². The summed E-state index contributed by atoms with van der Waals surface area (Å²) in [6, 6.07) is 3.73. The Morgan fingerprint density at radius 3 is 3.07 bits per heavy atom. The Balaban J connectivity index is 2.43. The van der Waals surface area contributed by atoms with E-state index in [1.165, 1.54) is 0 Å². The molecule has 0 aliphatic rings. The summed E-state index contributed by atoms with van der Waals surface area (Å²) in [6.07, 6.45) is 3.66. The van der Waals surface area contributed by atoms with E-state index in [0.29, 0.717) is 0 Å². The molecule has 4 heteroatoms. The third-order valence-corrected chi connectivity index (χ3v) is 2.71. The minimum absolute atomic E-state index is 0.229. The van der Waals surface area contributed by atoms with Crippen LogP contribution in [0.4, 0.5) is 5.82 Å². The van der Waals surface area contributed by atoms with Gasteiger partial charge in [-0.25, -0.2) is 4.98 Å². The van der Waals surface area contributed by atoms with E-state index >= 15 is 0 Å². The number of aromatic nitrogens is 1. The molecule has 0 radical (unpaired) electrons. The zero-order chi connectivity index (χ0) is 11.1. The number of methoxy groups -OCH3 is 1. The fourth-order valence-electron chi connectivity index (χ4n) is 1.24. The highest BCUT2D eigenvalue weighted by Crippen LogP contribution is 2.20. The summed E-state index contributed by atoms with van der Waals surface area (Å²) < 4.78 is 5.17. The normalized spacial score (nSPS) is 12.2. The van der Waals surface area contributed by atoms with Crippen molar-refractivity contribution in [2.75, 3.05) is 19.0 Å². The van der Waals surface area contributed by atoms with Gasteiger partial charge in [0.15, 0.2) is 11.6 Å². The van der Waals surface area contributed by atoms with Gasteiger partial charge in [-0.3, -0.25) is 0 Å². The van der Waals surface area contributed by atoms with Gasteiger partial charge in [0.05, 0.1) is 7.11 Å². The van der Waals surface area contributed by atoms with E-state index in [2.05, 4.69) is 17.2 Å². The Morgan fingerprint density at radius 1 is 1.60 bits per heavy atom. The second kappa shape index (κ2) is 6.51. The molecular formula is C11H17ClN2O. The summed E-state index contributed by atoms with van der Waals surface area (Å²) in [5.74, 6) is 1.54. The third-order valence-electron chi connectivity index (χ3n) is 2.18. The van der Waals surface area contributed by atoms with Gasteiger partial charge in [-0.15, -0.1) is 11.6 Å². The molecule has 0 aromatic carbocycles. The van der Waals surface area contributed by atoms with Gasteiger partial charge in [0.2, 0.25) is 0 Å². The van der Waals surface area contributed by atoms with Gasteiger partial charge in [0, 0.05) is 18.1 Å². The van der Waals surface area contributed by atoms with E-state index in [1.54, 1.807) is 13.3 Å². The molecule has 1 aromatic rings. The standard InChI is InChI=1S/C11H17ClN2O/c1-3-9(12)6-8-14-11-10(15-2)5-4-7-13-11/h4-5,7,9H,3,6,8H2,1-2H3,(H,13,14). The highest BCUT2D eigenvalue weighted by molar-refractivity contribution is 6.20. The molecule has 3 nitrogen and oxygen atoms in total. The molecule has 1 heterocycles. The largest absolute Gasteiger partial charge is 0.493 e. The molecule has 0 aliphatic carbocycles. The second-order valence-corrected chi connectivity index (χ2v) is 3.89. The molecule has 0 spiro atoms. The average molecular weight is 229 g/mol. The molecule has 0 amide bonds. The molecule has 0 aliphatic heterocycles. The van der Waals surface area contributed by atoms with Crippen molar-refractivity contribution in [2.24, 2.45) is 0 Å². The number of alkyl halides is 1. The van der Waals surface area contributed by atoms with Gasteiger partial charge in [0.25, 0.3) is 0 Å². The van der Waals surface area contributed by atoms with Crippen molar-refractivity contribution in [2.45, 2.75) is 25.1 Å². The van der Waals surface area contributed by atoms with E-state index < -0.39 is 0 Å². The van der Waals surface area contributed by atoms with Crippen LogP contribution in [-0.4, -0.2) is 24.0 Å². The van der Waals surface area contributed by atoms with Crippen LogP contribution in [-0.2, 0) is 0 Å². The Labute approximate surface area is 95.8 Å². The summed E-state index contributed by atoms with van der Waals surface area (Å²) in [4.78, 5) is 4.19. The Kier molecular flexibility index (Phi) is 5.26. The van der Waals surface area contributed by atoms with Crippen molar-refractivity contribution in [3.63, 3.8) is 0 Å². The zero-order valence-electron chi connectivity index (χ0n) is 9.16. The van der Waals surface area contributed by atoms with Crippen LogP contribution in [0.1, 0.15) is 19.8 Å². The van der Waals surface area contributed by atoms with E-state index in [4.69, 9.17) is 16.3 Å². The number of ether oxygens (including phenoxy) is 1. The minimum atomic E-state index is 0.229. The van der Waals surface area contributed by atoms with Crippen molar-refractivity contribution in [3.8, 4) is 5.75 Å². The molecule has 1 rings (SSSR count). The molecule has 0 saturated carbocycles. The monoisotopic (exact) mass is 228 g/mol. The summed E-state index contributed by atoms with van der Waals surface area (Å²) in [6.45, 7) is 2.90. The van der Waals surface area contributed by atoms with Gasteiger partial charge in [-0.1, -0.05) is 6.92 Å². The highest BCUT2D eigenvalue weighted by atomic mass is 35.5. The van der Waals surface area contributed by atoms with Crippen LogP contribution in [0.15, 0.2) is 18.3 Å². The van der Waals surface area contributed by atoms with E-state index in [0.717, 1.165) is 31.0 Å². The van der Waals surface area contributed by atoms with Crippen LogP contribution in [0.5, 0.6) is 5.75 Å². The number of hydrogen-bond acceptors (Lipinski definition) is 3. The van der Waals surface area contributed by atoms with Crippen LogP contribution in [0, 0.1) is 0 Å². The van der Waals surface area contributed by atoms with Crippen molar-refractivity contribution in [1.29, 1.82) is 0 Å². The van der Waals surface area contributed by atoms with Crippen molar-refractivity contribution in [3.05, 3.63) is 18.3 Å². The van der Waals surface area contributed by atoms with Gasteiger partial charge < -0.3 is 10.1 Å². The lowest BCUT2D eigenvalue weighted by molar-refractivity contribution is 0.415. The molecule has 0 saturated heterocycles. The smallest absolute Gasteiger partial charge is 0.168 e. The first-order valence-electron chi connectivity index (χ1n) is 5.14. The van der Waals surface area contributed by atoms with E-state index in [-0.39, 0.29) is 5.38 Å². The van der Waals surface area contributed by atoms with Gasteiger partial charge >= 0.3 is 0 Å². The molecule has 0 bridgehead atoms. The SMILES string of the molecule is CCC(Cl)CCNc1ncccc1OC. The molecule has 1 N–H and O–H groups in total. The number of rotatable bonds is 6. The van der Waals surface area contributed by atoms with E-state index in [1.807, 2.05) is 12.1 Å². The quantitative estimate of drug-likeness (QED) is 0.761. The summed E-state index contributed by atoms with van der Waals surface area (Å²) in [5, 5.41) is 3.44. The molecule has 15 heavy (non-hydrogen) atoms. The molecule has 1 unspecified atom stereocenters. The Bertz CT molecular complexity index is 294. The van der Waals surface area contributed by atoms with Gasteiger partial charge in [-0.05, 0) is 25.0 Å². The Hall–Kier alpha value is -0.960. The summed E-state index contributed by atoms with van der Waals surface area (Å²) in [7, 11) is 1.64. The van der Waals surface area contributed by atoms with Crippen molar-refractivity contribution in [1.82, 2.24) is 4.98 Å². The molecule has 1 atom stereocenters. The third kappa shape index (κ3) is 3.96. The fourth-order valence-corrected chi connectivity index (χ4v) is 1.35. The van der Waals surface area contributed by atoms with Crippen LogP contribution in [0.2, 0.25) is 0 Å².